The first-order valence-corrected chi connectivity index (χ1v) is 5.76. The third kappa shape index (κ3) is 3.64. The number of rotatable bonds is 6. The topological polar surface area (TPSA) is 41.3 Å². The maximum Gasteiger partial charge on any atom is 0.128 e. The number of nitrogens with one attached hydrogen (secondary N) is 1. The van der Waals surface area contributed by atoms with Gasteiger partial charge in [-0.15, -0.1) is 0 Å². The van der Waals surface area contributed by atoms with Crippen molar-refractivity contribution < 1.29 is 4.52 Å². The Labute approximate surface area is 90.6 Å². The molecule has 84 valence electrons. The van der Waals surface area contributed by atoms with Crippen molar-refractivity contribution in [3.05, 3.63) is 18.0 Å². The molecule has 0 aromatic carbocycles. The fraction of sp³-hybridized carbons (Fsp3) is 0.727. The highest BCUT2D eigenvalue weighted by Gasteiger charge is 2.09. The zero-order chi connectivity index (χ0) is 10.3. The molecule has 1 aromatic rings. The second-order valence-electron chi connectivity index (χ2n) is 4.11. The fourth-order valence-corrected chi connectivity index (χ4v) is 1.98. The van der Waals surface area contributed by atoms with E-state index in [2.05, 4.69) is 15.4 Å². The molecule has 0 unspecified atom stereocenters. The Bertz CT molecular complexity index is 255. The van der Waals surface area contributed by atoms with Gasteiger partial charge in [0.15, 0.2) is 0 Å². The molecule has 1 aromatic heterocycles. The highest BCUT2D eigenvalue weighted by Crippen LogP contribution is 2.06. The van der Waals surface area contributed by atoms with Crippen LogP contribution in [0.1, 0.15) is 24.8 Å². The quantitative estimate of drug-likeness (QED) is 0.716. The monoisotopic (exact) mass is 209 g/mol. The van der Waals surface area contributed by atoms with E-state index >= 15 is 0 Å². The zero-order valence-corrected chi connectivity index (χ0v) is 9.11. The Kier molecular flexibility index (Phi) is 4.17. The summed E-state index contributed by atoms with van der Waals surface area (Å²) in [6.45, 7) is 5.76. The van der Waals surface area contributed by atoms with E-state index in [1.165, 1.54) is 38.9 Å². The second-order valence-corrected chi connectivity index (χ2v) is 4.11. The third-order valence-electron chi connectivity index (χ3n) is 2.84. The summed E-state index contributed by atoms with van der Waals surface area (Å²) < 4.78 is 4.75. The van der Waals surface area contributed by atoms with Crippen molar-refractivity contribution in [2.75, 3.05) is 26.2 Å². The van der Waals surface area contributed by atoms with Crippen LogP contribution >= 0.6 is 0 Å². The van der Waals surface area contributed by atoms with E-state index in [1.54, 1.807) is 12.5 Å². The summed E-state index contributed by atoms with van der Waals surface area (Å²) in [5, 5.41) is 7.05. The smallest absolute Gasteiger partial charge is 0.128 e. The summed E-state index contributed by atoms with van der Waals surface area (Å²) in [7, 11) is 0. The van der Waals surface area contributed by atoms with Gasteiger partial charge in [0.25, 0.3) is 0 Å². The van der Waals surface area contributed by atoms with Crippen LogP contribution in [0.2, 0.25) is 0 Å². The minimum Gasteiger partial charge on any atom is -0.364 e. The van der Waals surface area contributed by atoms with Crippen molar-refractivity contribution in [3.8, 4) is 0 Å². The minimum atomic E-state index is 0.865. The molecule has 4 nitrogen and oxygen atoms in total. The van der Waals surface area contributed by atoms with Crippen molar-refractivity contribution in [3.63, 3.8) is 0 Å². The molecule has 0 radical (unpaired) electrons. The Morgan fingerprint density at radius 2 is 2.27 bits per heavy atom. The number of hydrogen-bond donors (Lipinski definition) is 1. The lowest BCUT2D eigenvalue weighted by atomic mass is 10.3. The zero-order valence-electron chi connectivity index (χ0n) is 9.11. The van der Waals surface area contributed by atoms with Gasteiger partial charge in [0, 0.05) is 12.1 Å². The number of nitrogens with zero attached hydrogens (tertiary/aromatic N) is 2. The standard InChI is InChI=1S/C11H19N3O/c1-2-6-14(5-1)7-3-4-12-8-11-9-13-15-10-11/h9-10,12H,1-8H2. The molecular formula is C11H19N3O. The second kappa shape index (κ2) is 5.88. The van der Waals surface area contributed by atoms with Crippen LogP contribution < -0.4 is 5.32 Å². The minimum absolute atomic E-state index is 0.865. The van der Waals surface area contributed by atoms with Gasteiger partial charge >= 0.3 is 0 Å². The average molecular weight is 209 g/mol. The van der Waals surface area contributed by atoms with Crippen molar-refractivity contribution in [1.29, 1.82) is 0 Å². The van der Waals surface area contributed by atoms with Crippen LogP contribution in [0.5, 0.6) is 0 Å². The Balaban J connectivity index is 1.48. The van der Waals surface area contributed by atoms with Crippen LogP contribution in [0.25, 0.3) is 0 Å². The van der Waals surface area contributed by atoms with Crippen molar-refractivity contribution in [2.24, 2.45) is 0 Å². The van der Waals surface area contributed by atoms with E-state index in [4.69, 9.17) is 4.52 Å². The van der Waals surface area contributed by atoms with Crippen LogP contribution in [0.3, 0.4) is 0 Å². The molecule has 4 heteroatoms. The molecule has 1 aliphatic rings. The van der Waals surface area contributed by atoms with E-state index in [9.17, 15) is 0 Å². The predicted molar refractivity (Wildman–Crippen MR) is 58.5 cm³/mol. The van der Waals surface area contributed by atoms with Gasteiger partial charge in [-0.25, -0.2) is 0 Å². The van der Waals surface area contributed by atoms with E-state index in [-0.39, 0.29) is 0 Å². The molecule has 2 rings (SSSR count). The largest absolute Gasteiger partial charge is 0.364 e. The normalized spacial score (nSPS) is 17.3. The molecule has 0 atom stereocenters. The fourth-order valence-electron chi connectivity index (χ4n) is 1.98. The summed E-state index contributed by atoms with van der Waals surface area (Å²) in [6.07, 6.45) is 7.44. The molecule has 0 aliphatic carbocycles. The first-order valence-electron chi connectivity index (χ1n) is 5.76. The number of aromatic nitrogens is 1. The molecule has 1 saturated heterocycles. The molecular weight excluding hydrogens is 190 g/mol. The molecule has 1 fully saturated rings. The number of likely N-dealkylation sites (tertiary alicyclic amines) is 1. The molecule has 0 saturated carbocycles. The molecule has 1 N–H and O–H groups in total. The summed E-state index contributed by atoms with van der Waals surface area (Å²) >= 11 is 0. The molecule has 0 spiro atoms. The van der Waals surface area contributed by atoms with Gasteiger partial charge in [0.2, 0.25) is 0 Å². The van der Waals surface area contributed by atoms with Gasteiger partial charge in [-0.3, -0.25) is 0 Å². The summed E-state index contributed by atoms with van der Waals surface area (Å²) in [4.78, 5) is 2.54. The van der Waals surface area contributed by atoms with E-state index in [0.717, 1.165) is 18.7 Å². The molecule has 2 heterocycles. The van der Waals surface area contributed by atoms with Crippen LogP contribution in [-0.2, 0) is 6.54 Å². The van der Waals surface area contributed by atoms with Gasteiger partial charge in [-0.1, -0.05) is 5.16 Å². The molecule has 1 aliphatic heterocycles. The lowest BCUT2D eigenvalue weighted by Crippen LogP contribution is -2.24. The first kappa shape index (κ1) is 10.6. The van der Waals surface area contributed by atoms with E-state index in [1.807, 2.05) is 0 Å². The molecule has 15 heavy (non-hydrogen) atoms. The molecule has 0 amide bonds. The van der Waals surface area contributed by atoms with Gasteiger partial charge < -0.3 is 14.7 Å². The number of hydrogen-bond acceptors (Lipinski definition) is 4. The Hall–Kier alpha value is -0.870. The summed E-state index contributed by atoms with van der Waals surface area (Å²) in [6, 6.07) is 0. The van der Waals surface area contributed by atoms with Crippen molar-refractivity contribution in [2.45, 2.75) is 25.8 Å². The van der Waals surface area contributed by atoms with Crippen LogP contribution in [0, 0.1) is 0 Å². The van der Waals surface area contributed by atoms with E-state index < -0.39 is 0 Å². The lowest BCUT2D eigenvalue weighted by molar-refractivity contribution is 0.331. The Morgan fingerprint density at radius 3 is 3.00 bits per heavy atom. The summed E-state index contributed by atoms with van der Waals surface area (Å²) in [5.41, 5.74) is 1.12. The SMILES string of the molecule is c1nocc1CNCCCN1CCCC1. The summed E-state index contributed by atoms with van der Waals surface area (Å²) in [5.74, 6) is 0. The maximum atomic E-state index is 4.75. The van der Waals surface area contributed by atoms with E-state index in [0.29, 0.717) is 0 Å². The van der Waals surface area contributed by atoms with Crippen molar-refractivity contribution >= 4 is 0 Å². The van der Waals surface area contributed by atoms with Crippen LogP contribution in [0.4, 0.5) is 0 Å². The van der Waals surface area contributed by atoms with Crippen molar-refractivity contribution in [1.82, 2.24) is 15.4 Å². The lowest BCUT2D eigenvalue weighted by Gasteiger charge is -2.13. The molecule has 0 bridgehead atoms. The highest BCUT2D eigenvalue weighted by molar-refractivity contribution is 4.98. The van der Waals surface area contributed by atoms with Crippen LogP contribution in [-0.4, -0.2) is 36.2 Å². The van der Waals surface area contributed by atoms with Gasteiger partial charge in [-0.2, -0.15) is 0 Å². The predicted octanol–water partition coefficient (Wildman–Crippen LogP) is 1.25. The van der Waals surface area contributed by atoms with Gasteiger partial charge in [0.1, 0.15) is 6.26 Å². The Morgan fingerprint density at radius 1 is 1.40 bits per heavy atom. The highest BCUT2D eigenvalue weighted by atomic mass is 16.5. The first-order chi connectivity index (χ1) is 7.45. The van der Waals surface area contributed by atoms with Crippen LogP contribution in [0.15, 0.2) is 17.0 Å². The average Bonchev–Trinajstić information content (AvgIpc) is 2.88. The van der Waals surface area contributed by atoms with Gasteiger partial charge in [-0.05, 0) is 45.4 Å². The van der Waals surface area contributed by atoms with Gasteiger partial charge in [0.05, 0.1) is 6.20 Å². The third-order valence-corrected chi connectivity index (χ3v) is 2.84. The maximum absolute atomic E-state index is 4.75.